The summed E-state index contributed by atoms with van der Waals surface area (Å²) >= 11 is 12.2. The zero-order chi connectivity index (χ0) is 17.5. The Morgan fingerprint density at radius 2 is 1.83 bits per heavy atom. The van der Waals surface area contributed by atoms with Crippen molar-refractivity contribution in [1.29, 1.82) is 0 Å². The Balaban J connectivity index is 2.14. The molecule has 2 nitrogen and oxygen atoms in total. The Morgan fingerprint density at radius 3 is 2.42 bits per heavy atom. The van der Waals surface area contributed by atoms with Crippen molar-refractivity contribution in [2.75, 3.05) is 6.54 Å². The monoisotopic (exact) mass is 375 g/mol. The second-order valence-electron chi connectivity index (χ2n) is 5.62. The van der Waals surface area contributed by atoms with Crippen LogP contribution in [0.2, 0.25) is 10.0 Å². The van der Waals surface area contributed by atoms with Crippen molar-refractivity contribution in [1.82, 2.24) is 0 Å². The minimum absolute atomic E-state index is 0.0679. The fourth-order valence-electron chi connectivity index (χ4n) is 2.82. The van der Waals surface area contributed by atoms with Crippen LogP contribution in [-0.4, -0.2) is 12.6 Å². The standard InChI is InChI=1S/C17H14Cl2F3NO/c18-13-6-10(17(20,21)22)7-14(19)15(13)12-3-1-2-9-4-5-11(8-23)24-16(9)12/h1-3,6-7,11H,4-5,8,23H2/t11-/m1/s1. The van der Waals surface area contributed by atoms with E-state index in [-0.39, 0.29) is 16.1 Å². The number of para-hydroxylation sites is 1. The Kier molecular flexibility index (Phi) is 4.69. The molecule has 0 unspecified atom stereocenters. The fraction of sp³-hybridized carbons (Fsp3) is 0.294. The van der Waals surface area contributed by atoms with Gasteiger partial charge in [-0.3, -0.25) is 0 Å². The molecule has 0 fully saturated rings. The van der Waals surface area contributed by atoms with Crippen LogP contribution in [-0.2, 0) is 12.6 Å². The van der Waals surface area contributed by atoms with Crippen LogP contribution in [0.5, 0.6) is 5.75 Å². The van der Waals surface area contributed by atoms with Gasteiger partial charge in [0.15, 0.2) is 0 Å². The average Bonchev–Trinajstić information content (AvgIpc) is 2.53. The van der Waals surface area contributed by atoms with Gasteiger partial charge >= 0.3 is 6.18 Å². The summed E-state index contributed by atoms with van der Waals surface area (Å²) in [6.45, 7) is 0.363. The Morgan fingerprint density at radius 1 is 1.17 bits per heavy atom. The van der Waals surface area contributed by atoms with Crippen molar-refractivity contribution < 1.29 is 17.9 Å². The van der Waals surface area contributed by atoms with Gasteiger partial charge in [0, 0.05) is 17.7 Å². The lowest BCUT2D eigenvalue weighted by Crippen LogP contribution is -2.30. The summed E-state index contributed by atoms with van der Waals surface area (Å²) in [5.74, 6) is 0.586. The number of halogens is 5. The van der Waals surface area contributed by atoms with Crippen LogP contribution < -0.4 is 10.5 Å². The molecule has 1 atom stereocenters. The van der Waals surface area contributed by atoms with Gasteiger partial charge in [-0.1, -0.05) is 41.4 Å². The number of nitrogens with two attached hydrogens (primary N) is 1. The van der Waals surface area contributed by atoms with Gasteiger partial charge in [0.05, 0.1) is 15.6 Å². The molecule has 1 heterocycles. The van der Waals surface area contributed by atoms with E-state index in [9.17, 15) is 13.2 Å². The first-order valence-electron chi connectivity index (χ1n) is 7.36. The van der Waals surface area contributed by atoms with Crippen molar-refractivity contribution in [3.63, 3.8) is 0 Å². The number of alkyl halides is 3. The van der Waals surface area contributed by atoms with Gasteiger partial charge in [0.2, 0.25) is 0 Å². The zero-order valence-corrected chi connectivity index (χ0v) is 14.0. The maximum atomic E-state index is 12.9. The SMILES string of the molecule is NC[C@H]1CCc2cccc(-c3c(Cl)cc(C(F)(F)F)cc3Cl)c2O1. The van der Waals surface area contributed by atoms with E-state index in [2.05, 4.69) is 0 Å². The molecule has 2 aromatic carbocycles. The van der Waals surface area contributed by atoms with Crippen molar-refractivity contribution in [2.45, 2.75) is 25.1 Å². The molecular weight excluding hydrogens is 362 g/mol. The van der Waals surface area contributed by atoms with E-state index in [1.54, 1.807) is 6.07 Å². The molecule has 128 valence electrons. The summed E-state index contributed by atoms with van der Waals surface area (Å²) < 4.78 is 44.6. The highest BCUT2D eigenvalue weighted by Gasteiger charge is 2.33. The minimum atomic E-state index is -4.51. The van der Waals surface area contributed by atoms with Crippen molar-refractivity contribution >= 4 is 23.2 Å². The number of hydrogen-bond acceptors (Lipinski definition) is 2. The van der Waals surface area contributed by atoms with Gasteiger partial charge in [-0.2, -0.15) is 13.2 Å². The van der Waals surface area contributed by atoms with Crippen molar-refractivity contribution in [3.05, 3.63) is 51.5 Å². The molecule has 0 aliphatic carbocycles. The molecule has 2 aromatic rings. The Hall–Kier alpha value is -1.43. The molecule has 1 aliphatic rings. The normalized spacial score (nSPS) is 17.3. The number of hydrogen-bond donors (Lipinski definition) is 1. The van der Waals surface area contributed by atoms with Crippen LogP contribution in [0.4, 0.5) is 13.2 Å². The lowest BCUT2D eigenvalue weighted by molar-refractivity contribution is -0.137. The molecule has 0 radical (unpaired) electrons. The maximum Gasteiger partial charge on any atom is 0.416 e. The molecule has 0 spiro atoms. The first-order valence-corrected chi connectivity index (χ1v) is 8.12. The first kappa shape index (κ1) is 17.4. The van der Waals surface area contributed by atoms with Crippen LogP contribution >= 0.6 is 23.2 Å². The summed E-state index contributed by atoms with van der Waals surface area (Å²) in [7, 11) is 0. The number of rotatable bonds is 2. The highest BCUT2D eigenvalue weighted by molar-refractivity contribution is 6.39. The Labute approximate surface area is 147 Å². The predicted molar refractivity (Wildman–Crippen MR) is 88.7 cm³/mol. The molecule has 0 saturated heterocycles. The quantitative estimate of drug-likeness (QED) is 0.769. The Bertz CT molecular complexity index is 754. The van der Waals surface area contributed by atoms with Crippen LogP contribution in [0.15, 0.2) is 30.3 Å². The molecule has 0 saturated carbocycles. The highest BCUT2D eigenvalue weighted by Crippen LogP contribution is 2.45. The van der Waals surface area contributed by atoms with Crippen LogP contribution in [0.25, 0.3) is 11.1 Å². The molecule has 0 bridgehead atoms. The zero-order valence-electron chi connectivity index (χ0n) is 12.5. The third-order valence-electron chi connectivity index (χ3n) is 4.02. The molecule has 0 aromatic heterocycles. The van der Waals surface area contributed by atoms with Crippen molar-refractivity contribution in [3.8, 4) is 16.9 Å². The van der Waals surface area contributed by atoms with E-state index in [4.69, 9.17) is 33.7 Å². The number of ether oxygens (including phenoxy) is 1. The molecule has 3 rings (SSSR count). The number of fused-ring (bicyclic) bond motifs is 1. The van der Waals surface area contributed by atoms with Crippen LogP contribution in [0.1, 0.15) is 17.5 Å². The molecular formula is C17H14Cl2F3NO. The second kappa shape index (κ2) is 6.47. The number of benzene rings is 2. The van der Waals surface area contributed by atoms with E-state index in [1.807, 2.05) is 12.1 Å². The average molecular weight is 376 g/mol. The third kappa shape index (κ3) is 3.21. The molecule has 0 amide bonds. The predicted octanol–water partition coefficient (Wildman–Crippen LogP) is 5.33. The van der Waals surface area contributed by atoms with Gasteiger partial charge in [-0.15, -0.1) is 0 Å². The first-order chi connectivity index (χ1) is 11.3. The summed E-state index contributed by atoms with van der Waals surface area (Å²) in [6.07, 6.45) is -3.07. The third-order valence-corrected chi connectivity index (χ3v) is 4.61. The summed E-state index contributed by atoms with van der Waals surface area (Å²) in [5.41, 5.74) is 6.67. The topological polar surface area (TPSA) is 35.2 Å². The summed E-state index contributed by atoms with van der Waals surface area (Å²) in [4.78, 5) is 0. The summed E-state index contributed by atoms with van der Waals surface area (Å²) in [5, 5.41) is -0.136. The molecule has 2 N–H and O–H groups in total. The fourth-order valence-corrected chi connectivity index (χ4v) is 3.51. The largest absolute Gasteiger partial charge is 0.488 e. The van der Waals surface area contributed by atoms with E-state index >= 15 is 0 Å². The highest BCUT2D eigenvalue weighted by atomic mass is 35.5. The summed E-state index contributed by atoms with van der Waals surface area (Å²) in [6, 6.07) is 7.22. The van der Waals surface area contributed by atoms with Crippen molar-refractivity contribution in [2.24, 2.45) is 5.73 Å². The van der Waals surface area contributed by atoms with Gasteiger partial charge < -0.3 is 10.5 Å². The molecule has 1 aliphatic heterocycles. The van der Waals surface area contributed by atoms with E-state index in [0.717, 1.165) is 30.5 Å². The van der Waals surface area contributed by atoms with E-state index < -0.39 is 11.7 Å². The van der Waals surface area contributed by atoms with Crippen LogP contribution in [0, 0.1) is 0 Å². The number of aryl methyl sites for hydroxylation is 1. The smallest absolute Gasteiger partial charge is 0.416 e. The lowest BCUT2D eigenvalue weighted by Gasteiger charge is -2.27. The van der Waals surface area contributed by atoms with Gasteiger partial charge in [0.1, 0.15) is 11.9 Å². The lowest BCUT2D eigenvalue weighted by atomic mass is 9.95. The van der Waals surface area contributed by atoms with Gasteiger partial charge in [-0.05, 0) is 30.5 Å². The van der Waals surface area contributed by atoms with Crippen LogP contribution in [0.3, 0.4) is 0 Å². The second-order valence-corrected chi connectivity index (χ2v) is 6.44. The molecule has 7 heteroatoms. The van der Waals surface area contributed by atoms with E-state index in [1.165, 1.54) is 0 Å². The minimum Gasteiger partial charge on any atom is -0.488 e. The van der Waals surface area contributed by atoms with E-state index in [0.29, 0.717) is 23.4 Å². The van der Waals surface area contributed by atoms with Gasteiger partial charge in [0.25, 0.3) is 0 Å². The maximum absolute atomic E-state index is 12.9. The molecule has 24 heavy (non-hydrogen) atoms. The van der Waals surface area contributed by atoms with Gasteiger partial charge in [-0.25, -0.2) is 0 Å².